The van der Waals surface area contributed by atoms with Gasteiger partial charge >= 0.3 is 0 Å². The van der Waals surface area contributed by atoms with Gasteiger partial charge in [-0.1, -0.05) is 0 Å². The molecule has 3 nitrogen and oxygen atoms in total. The first-order valence-electron chi connectivity index (χ1n) is 7.21. The fourth-order valence-corrected chi connectivity index (χ4v) is 3.77. The number of fused-ring (bicyclic) bond motifs is 2. The number of hydrogen-bond acceptors (Lipinski definition) is 2. The summed E-state index contributed by atoms with van der Waals surface area (Å²) >= 11 is 2.99. The van der Waals surface area contributed by atoms with E-state index in [-0.39, 0.29) is 16.1 Å². The van der Waals surface area contributed by atoms with Crippen LogP contribution in [0.25, 0.3) is 0 Å². The van der Waals surface area contributed by atoms with Gasteiger partial charge in [0.1, 0.15) is 11.6 Å². The molecule has 2 aliphatic rings. The Hall–Kier alpha value is -1.01. The molecular weight excluding hydrogens is 342 g/mol. The third kappa shape index (κ3) is 3.43. The van der Waals surface area contributed by atoms with Gasteiger partial charge in [0.15, 0.2) is 0 Å². The van der Waals surface area contributed by atoms with Crippen LogP contribution in [0.2, 0.25) is 0 Å². The number of benzene rings is 1. The molecule has 2 unspecified atom stereocenters. The molecule has 2 N–H and O–H groups in total. The maximum Gasteiger partial charge on any atom is 0.224 e. The van der Waals surface area contributed by atoms with Crippen LogP contribution in [-0.2, 0) is 4.79 Å². The van der Waals surface area contributed by atoms with Crippen LogP contribution in [-0.4, -0.2) is 18.0 Å². The highest BCUT2D eigenvalue weighted by molar-refractivity contribution is 9.10. The van der Waals surface area contributed by atoms with Crippen LogP contribution >= 0.6 is 15.9 Å². The fraction of sp³-hybridized carbons (Fsp3) is 0.533. The minimum absolute atomic E-state index is 0.0187. The average molecular weight is 359 g/mol. The Morgan fingerprint density at radius 2 is 1.90 bits per heavy atom. The summed E-state index contributed by atoms with van der Waals surface area (Å²) < 4.78 is 26.9. The molecule has 1 aromatic carbocycles. The minimum Gasteiger partial charge on any atom is -0.324 e. The molecule has 0 aromatic heterocycles. The zero-order chi connectivity index (χ0) is 15.0. The molecule has 3 rings (SSSR count). The van der Waals surface area contributed by atoms with Crippen LogP contribution < -0.4 is 10.6 Å². The number of hydrogen-bond donors (Lipinski definition) is 2. The number of halogens is 3. The van der Waals surface area contributed by atoms with E-state index < -0.39 is 11.6 Å². The molecule has 2 heterocycles. The first kappa shape index (κ1) is 14.9. The summed E-state index contributed by atoms with van der Waals surface area (Å²) in [7, 11) is 0. The summed E-state index contributed by atoms with van der Waals surface area (Å²) in [6.45, 7) is 0. The minimum atomic E-state index is -0.755. The van der Waals surface area contributed by atoms with Gasteiger partial charge < -0.3 is 10.6 Å². The molecule has 1 aromatic rings. The van der Waals surface area contributed by atoms with E-state index in [0.29, 0.717) is 24.4 Å². The van der Waals surface area contributed by atoms with Crippen molar-refractivity contribution in [3.05, 3.63) is 28.2 Å². The van der Waals surface area contributed by atoms with Crippen LogP contribution in [0.4, 0.5) is 14.5 Å². The lowest BCUT2D eigenvalue weighted by Crippen LogP contribution is -2.39. The fourth-order valence-electron chi connectivity index (χ4n) is 3.42. The molecular formula is C15H17BrF2N2O. The van der Waals surface area contributed by atoms with Gasteiger partial charge in [-0.2, -0.15) is 0 Å². The van der Waals surface area contributed by atoms with Gasteiger partial charge in [-0.3, -0.25) is 4.79 Å². The van der Waals surface area contributed by atoms with Gasteiger partial charge in [0, 0.05) is 24.6 Å². The lowest BCUT2D eigenvalue weighted by atomic mass is 9.89. The standard InChI is InChI=1S/C15H17BrF2N2O/c16-11-6-14(13(18)7-12(11)17)20-15(21)5-8-3-9-1-2-10(4-8)19-9/h6-10,19H,1-5H2,(H,20,21). The summed E-state index contributed by atoms with van der Waals surface area (Å²) in [4.78, 5) is 12.1. The summed E-state index contributed by atoms with van der Waals surface area (Å²) in [5.74, 6) is -1.30. The Morgan fingerprint density at radius 1 is 1.24 bits per heavy atom. The monoisotopic (exact) mass is 358 g/mol. The van der Waals surface area contributed by atoms with Gasteiger partial charge in [-0.25, -0.2) is 8.78 Å². The Kier molecular flexibility index (Phi) is 4.26. The molecule has 2 saturated heterocycles. The smallest absolute Gasteiger partial charge is 0.224 e. The van der Waals surface area contributed by atoms with Crippen molar-refractivity contribution < 1.29 is 13.6 Å². The summed E-state index contributed by atoms with van der Waals surface area (Å²) in [5.41, 5.74) is 0.0187. The second-order valence-corrected chi connectivity index (χ2v) is 6.83. The number of carbonyl (C=O) groups excluding carboxylic acids is 1. The SMILES string of the molecule is O=C(CC1CC2CCC(C1)N2)Nc1cc(Br)c(F)cc1F. The van der Waals surface area contributed by atoms with E-state index >= 15 is 0 Å². The van der Waals surface area contributed by atoms with Crippen molar-refractivity contribution in [1.29, 1.82) is 0 Å². The quantitative estimate of drug-likeness (QED) is 0.810. The highest BCUT2D eigenvalue weighted by Gasteiger charge is 2.34. The molecule has 0 saturated carbocycles. The third-order valence-corrected chi connectivity index (χ3v) is 4.94. The number of carbonyl (C=O) groups is 1. The molecule has 0 aliphatic carbocycles. The van der Waals surface area contributed by atoms with Gasteiger partial charge in [0.25, 0.3) is 0 Å². The normalized spacial score (nSPS) is 27.7. The lowest BCUT2D eigenvalue weighted by Gasteiger charge is -2.28. The molecule has 21 heavy (non-hydrogen) atoms. The van der Waals surface area contributed by atoms with E-state index in [1.54, 1.807) is 0 Å². The van der Waals surface area contributed by atoms with Gasteiger partial charge in [-0.15, -0.1) is 0 Å². The molecule has 2 atom stereocenters. The number of piperidine rings is 1. The van der Waals surface area contributed by atoms with E-state index in [1.807, 2.05) is 0 Å². The highest BCUT2D eigenvalue weighted by atomic mass is 79.9. The average Bonchev–Trinajstić information content (AvgIpc) is 2.75. The van der Waals surface area contributed by atoms with Crippen LogP contribution in [0.15, 0.2) is 16.6 Å². The van der Waals surface area contributed by atoms with Crippen molar-refractivity contribution in [2.75, 3.05) is 5.32 Å². The second-order valence-electron chi connectivity index (χ2n) is 5.97. The van der Waals surface area contributed by atoms with Crippen LogP contribution in [0.3, 0.4) is 0 Å². The summed E-state index contributed by atoms with van der Waals surface area (Å²) in [6, 6.07) is 3.08. The maximum atomic E-state index is 13.6. The largest absolute Gasteiger partial charge is 0.324 e. The number of anilines is 1. The topological polar surface area (TPSA) is 41.1 Å². The van der Waals surface area contributed by atoms with E-state index in [1.165, 1.54) is 18.9 Å². The molecule has 6 heteroatoms. The lowest BCUT2D eigenvalue weighted by molar-refractivity contribution is -0.117. The Labute approximate surface area is 130 Å². The van der Waals surface area contributed by atoms with E-state index in [0.717, 1.165) is 18.9 Å². The predicted octanol–water partition coefficient (Wildman–Crippen LogP) is 3.59. The number of nitrogens with one attached hydrogen (secondary N) is 2. The van der Waals surface area contributed by atoms with Crippen molar-refractivity contribution in [2.45, 2.75) is 44.2 Å². The van der Waals surface area contributed by atoms with Crippen molar-refractivity contribution in [3.8, 4) is 0 Å². The molecule has 2 bridgehead atoms. The van der Waals surface area contributed by atoms with Crippen LogP contribution in [0.5, 0.6) is 0 Å². The summed E-state index contributed by atoms with van der Waals surface area (Å²) in [5, 5.41) is 6.07. The van der Waals surface area contributed by atoms with Crippen LogP contribution in [0.1, 0.15) is 32.1 Å². The van der Waals surface area contributed by atoms with Gasteiger partial charge in [-0.05, 0) is 53.6 Å². The van der Waals surface area contributed by atoms with Crippen molar-refractivity contribution >= 4 is 27.5 Å². The van der Waals surface area contributed by atoms with E-state index in [2.05, 4.69) is 26.6 Å². The van der Waals surface area contributed by atoms with Crippen molar-refractivity contribution in [1.82, 2.24) is 5.32 Å². The maximum absolute atomic E-state index is 13.6. The Balaban J connectivity index is 1.60. The third-order valence-electron chi connectivity index (χ3n) is 4.33. The first-order valence-corrected chi connectivity index (χ1v) is 8.01. The predicted molar refractivity (Wildman–Crippen MR) is 80.0 cm³/mol. The Bertz CT molecular complexity index is 555. The first-order chi connectivity index (χ1) is 10.0. The zero-order valence-corrected chi connectivity index (χ0v) is 13.1. The van der Waals surface area contributed by atoms with Crippen molar-refractivity contribution in [2.24, 2.45) is 5.92 Å². The molecule has 0 spiro atoms. The second kappa shape index (κ2) is 6.01. The molecule has 2 aliphatic heterocycles. The molecule has 114 valence electrons. The highest BCUT2D eigenvalue weighted by Crippen LogP contribution is 2.33. The van der Waals surface area contributed by atoms with Gasteiger partial charge in [0.2, 0.25) is 5.91 Å². The van der Waals surface area contributed by atoms with Gasteiger partial charge in [0.05, 0.1) is 10.2 Å². The molecule has 2 fully saturated rings. The zero-order valence-electron chi connectivity index (χ0n) is 11.5. The molecule has 1 amide bonds. The van der Waals surface area contributed by atoms with Crippen molar-refractivity contribution in [3.63, 3.8) is 0 Å². The number of rotatable bonds is 3. The van der Waals surface area contributed by atoms with E-state index in [9.17, 15) is 13.6 Å². The van der Waals surface area contributed by atoms with E-state index in [4.69, 9.17) is 0 Å². The number of amides is 1. The summed E-state index contributed by atoms with van der Waals surface area (Å²) in [6.07, 6.45) is 4.76. The molecule has 0 radical (unpaired) electrons. The van der Waals surface area contributed by atoms with Crippen LogP contribution in [0, 0.1) is 17.6 Å². The Morgan fingerprint density at radius 3 is 2.57 bits per heavy atom.